The maximum absolute atomic E-state index is 9.30. The van der Waals surface area contributed by atoms with Gasteiger partial charge in [-0.3, -0.25) is 0 Å². The number of phenols is 1. The zero-order chi connectivity index (χ0) is 14.7. The molecule has 2 N–H and O–H groups in total. The number of phenolic OH excluding ortho intramolecular Hbond substituents is 1. The maximum atomic E-state index is 9.30. The third-order valence-electron chi connectivity index (χ3n) is 3.06. The predicted molar refractivity (Wildman–Crippen MR) is 91.5 cm³/mol. The molecule has 0 aliphatic heterocycles. The maximum Gasteiger partial charge on any atom is 0.115 e. The van der Waals surface area contributed by atoms with Crippen LogP contribution in [0.15, 0.2) is 45.3 Å². The SMILES string of the molecule is Cc1cc(Br)c(NC(C)Cc2ccc(O)cc2)c(Br)c1. The van der Waals surface area contributed by atoms with Crippen molar-refractivity contribution in [1.82, 2.24) is 0 Å². The molecule has 0 heterocycles. The van der Waals surface area contributed by atoms with Crippen molar-refractivity contribution in [2.24, 2.45) is 0 Å². The summed E-state index contributed by atoms with van der Waals surface area (Å²) in [5.74, 6) is 0.304. The van der Waals surface area contributed by atoms with E-state index in [1.54, 1.807) is 12.1 Å². The van der Waals surface area contributed by atoms with E-state index in [0.29, 0.717) is 5.75 Å². The van der Waals surface area contributed by atoms with Gasteiger partial charge in [0.15, 0.2) is 0 Å². The van der Waals surface area contributed by atoms with Gasteiger partial charge in [0.1, 0.15) is 5.75 Å². The summed E-state index contributed by atoms with van der Waals surface area (Å²) < 4.78 is 2.11. The molecule has 0 fully saturated rings. The number of hydrogen-bond donors (Lipinski definition) is 2. The first-order chi connectivity index (χ1) is 9.45. The van der Waals surface area contributed by atoms with Crippen molar-refractivity contribution in [3.05, 3.63) is 56.5 Å². The van der Waals surface area contributed by atoms with Crippen LogP contribution in [0.2, 0.25) is 0 Å². The molecular weight excluding hydrogens is 382 g/mol. The van der Waals surface area contributed by atoms with Gasteiger partial charge in [-0.1, -0.05) is 12.1 Å². The summed E-state index contributed by atoms with van der Waals surface area (Å²) in [6.07, 6.45) is 0.896. The number of aromatic hydroxyl groups is 1. The van der Waals surface area contributed by atoms with E-state index in [0.717, 1.165) is 21.1 Å². The van der Waals surface area contributed by atoms with Crippen LogP contribution in [0.3, 0.4) is 0 Å². The highest BCUT2D eigenvalue weighted by atomic mass is 79.9. The first kappa shape index (κ1) is 15.4. The fourth-order valence-electron chi connectivity index (χ4n) is 2.12. The Morgan fingerprint density at radius 2 is 1.65 bits per heavy atom. The summed E-state index contributed by atoms with van der Waals surface area (Å²) in [6.45, 7) is 4.21. The second-order valence-corrected chi connectivity index (χ2v) is 6.73. The Labute approximate surface area is 136 Å². The minimum absolute atomic E-state index is 0.287. The third-order valence-corrected chi connectivity index (χ3v) is 4.31. The van der Waals surface area contributed by atoms with Crippen LogP contribution in [0, 0.1) is 6.92 Å². The van der Waals surface area contributed by atoms with Gasteiger partial charge >= 0.3 is 0 Å². The molecule has 1 unspecified atom stereocenters. The average molecular weight is 399 g/mol. The topological polar surface area (TPSA) is 32.3 Å². The van der Waals surface area contributed by atoms with Crippen molar-refractivity contribution >= 4 is 37.5 Å². The Morgan fingerprint density at radius 3 is 2.20 bits per heavy atom. The average Bonchev–Trinajstić information content (AvgIpc) is 2.36. The molecule has 0 saturated heterocycles. The molecule has 0 aliphatic rings. The van der Waals surface area contributed by atoms with Crippen LogP contribution in [-0.4, -0.2) is 11.1 Å². The van der Waals surface area contributed by atoms with Crippen molar-refractivity contribution in [2.45, 2.75) is 26.3 Å². The molecule has 2 aromatic rings. The highest BCUT2D eigenvalue weighted by Gasteiger charge is 2.10. The summed E-state index contributed by atoms with van der Waals surface area (Å²) in [4.78, 5) is 0. The Kier molecular flexibility index (Phi) is 5.11. The van der Waals surface area contributed by atoms with Crippen LogP contribution in [-0.2, 0) is 6.42 Å². The lowest BCUT2D eigenvalue weighted by Crippen LogP contribution is -2.18. The molecule has 0 saturated carbocycles. The zero-order valence-corrected chi connectivity index (χ0v) is 14.6. The summed E-state index contributed by atoms with van der Waals surface area (Å²) in [5, 5.41) is 12.8. The van der Waals surface area contributed by atoms with E-state index in [4.69, 9.17) is 0 Å². The van der Waals surface area contributed by atoms with Gasteiger partial charge in [-0.05, 0) is 87.5 Å². The van der Waals surface area contributed by atoms with Crippen molar-refractivity contribution in [2.75, 3.05) is 5.32 Å². The van der Waals surface area contributed by atoms with E-state index in [9.17, 15) is 5.11 Å². The van der Waals surface area contributed by atoms with Crippen LogP contribution < -0.4 is 5.32 Å². The fraction of sp³-hybridized carbons (Fsp3) is 0.250. The van der Waals surface area contributed by atoms with Gasteiger partial charge in [0.25, 0.3) is 0 Å². The predicted octanol–water partition coefficient (Wildman–Crippen LogP) is 5.27. The van der Waals surface area contributed by atoms with E-state index in [1.165, 1.54) is 11.1 Å². The Balaban J connectivity index is 2.08. The normalized spacial score (nSPS) is 12.2. The quantitative estimate of drug-likeness (QED) is 0.735. The highest BCUT2D eigenvalue weighted by Crippen LogP contribution is 2.33. The fourth-order valence-corrected chi connectivity index (χ4v) is 3.77. The second-order valence-electron chi connectivity index (χ2n) is 5.02. The molecule has 1 atom stereocenters. The molecular formula is C16H17Br2NO. The van der Waals surface area contributed by atoms with Crippen LogP contribution in [0.4, 0.5) is 5.69 Å². The lowest BCUT2D eigenvalue weighted by Gasteiger charge is -2.18. The molecule has 2 rings (SSSR count). The first-order valence-corrected chi connectivity index (χ1v) is 8.04. The third kappa shape index (κ3) is 4.00. The molecule has 106 valence electrons. The monoisotopic (exact) mass is 397 g/mol. The molecule has 20 heavy (non-hydrogen) atoms. The molecule has 0 spiro atoms. The lowest BCUT2D eigenvalue weighted by atomic mass is 10.1. The van der Waals surface area contributed by atoms with Crippen LogP contribution in [0.1, 0.15) is 18.1 Å². The molecule has 0 aliphatic carbocycles. The first-order valence-electron chi connectivity index (χ1n) is 6.46. The van der Waals surface area contributed by atoms with Gasteiger partial charge in [-0.15, -0.1) is 0 Å². The van der Waals surface area contributed by atoms with Crippen LogP contribution >= 0.6 is 31.9 Å². The zero-order valence-electron chi connectivity index (χ0n) is 11.5. The Hall–Kier alpha value is -1.000. The largest absolute Gasteiger partial charge is 0.508 e. The van der Waals surface area contributed by atoms with Gasteiger partial charge in [-0.25, -0.2) is 0 Å². The van der Waals surface area contributed by atoms with Crippen molar-refractivity contribution < 1.29 is 5.11 Å². The summed E-state index contributed by atoms with van der Waals surface area (Å²) in [6, 6.07) is 11.8. The number of benzene rings is 2. The number of anilines is 1. The summed E-state index contributed by atoms with van der Waals surface area (Å²) in [7, 11) is 0. The molecule has 0 bridgehead atoms. The Bertz CT molecular complexity index is 573. The van der Waals surface area contributed by atoms with Gasteiger partial charge in [-0.2, -0.15) is 0 Å². The van der Waals surface area contributed by atoms with Gasteiger partial charge < -0.3 is 10.4 Å². The second kappa shape index (κ2) is 6.64. The summed E-state index contributed by atoms with van der Waals surface area (Å²) in [5.41, 5.74) is 3.48. The van der Waals surface area contributed by atoms with E-state index in [2.05, 4.69) is 63.2 Å². The van der Waals surface area contributed by atoms with Gasteiger partial charge in [0.2, 0.25) is 0 Å². The molecule has 0 aromatic heterocycles. The summed E-state index contributed by atoms with van der Waals surface area (Å²) >= 11 is 7.19. The molecule has 2 nitrogen and oxygen atoms in total. The number of hydrogen-bond acceptors (Lipinski definition) is 2. The number of nitrogens with one attached hydrogen (secondary N) is 1. The number of halogens is 2. The van der Waals surface area contributed by atoms with E-state index < -0.39 is 0 Å². The smallest absolute Gasteiger partial charge is 0.115 e. The molecule has 2 aromatic carbocycles. The van der Waals surface area contributed by atoms with Crippen LogP contribution in [0.5, 0.6) is 5.75 Å². The lowest BCUT2D eigenvalue weighted by molar-refractivity contribution is 0.475. The number of aryl methyl sites for hydroxylation is 1. The van der Waals surface area contributed by atoms with E-state index in [1.807, 2.05) is 12.1 Å². The Morgan fingerprint density at radius 1 is 1.10 bits per heavy atom. The molecule has 0 amide bonds. The standard InChI is InChI=1S/C16H17Br2NO/c1-10-7-14(17)16(15(18)8-10)19-11(2)9-12-3-5-13(20)6-4-12/h3-8,11,19-20H,9H2,1-2H3. The van der Waals surface area contributed by atoms with Gasteiger partial charge in [0, 0.05) is 15.0 Å². The highest BCUT2D eigenvalue weighted by molar-refractivity contribution is 9.11. The van der Waals surface area contributed by atoms with E-state index >= 15 is 0 Å². The minimum atomic E-state index is 0.287. The van der Waals surface area contributed by atoms with Gasteiger partial charge in [0.05, 0.1) is 5.69 Å². The van der Waals surface area contributed by atoms with Crippen molar-refractivity contribution in [3.8, 4) is 5.75 Å². The molecule has 4 heteroatoms. The van der Waals surface area contributed by atoms with E-state index in [-0.39, 0.29) is 6.04 Å². The number of rotatable bonds is 4. The van der Waals surface area contributed by atoms with Crippen molar-refractivity contribution in [1.29, 1.82) is 0 Å². The van der Waals surface area contributed by atoms with Crippen molar-refractivity contribution in [3.63, 3.8) is 0 Å². The van der Waals surface area contributed by atoms with Crippen LogP contribution in [0.25, 0.3) is 0 Å². The molecule has 0 radical (unpaired) electrons. The minimum Gasteiger partial charge on any atom is -0.508 e.